The Morgan fingerprint density at radius 3 is 2.67 bits per heavy atom. The van der Waals surface area contributed by atoms with Crippen molar-refractivity contribution in [2.24, 2.45) is 5.73 Å². The number of primary amides is 1. The Labute approximate surface area is 123 Å². The molecule has 1 unspecified atom stereocenters. The van der Waals surface area contributed by atoms with Crippen molar-refractivity contribution in [3.63, 3.8) is 0 Å². The Hall–Kier alpha value is -2.49. The molecule has 0 bridgehead atoms. The van der Waals surface area contributed by atoms with Crippen LogP contribution in [0.2, 0.25) is 0 Å². The van der Waals surface area contributed by atoms with Gasteiger partial charge >= 0.3 is 6.03 Å². The molecule has 2 amide bonds. The molecule has 3 rings (SSSR count). The Morgan fingerprint density at radius 2 is 1.95 bits per heavy atom. The van der Waals surface area contributed by atoms with Gasteiger partial charge in [0.1, 0.15) is 11.9 Å². The molecule has 2 aromatic rings. The second-order valence-electron chi connectivity index (χ2n) is 5.37. The van der Waals surface area contributed by atoms with E-state index in [1.165, 1.54) is 11.1 Å². The van der Waals surface area contributed by atoms with Crippen LogP contribution in [0.4, 0.5) is 4.79 Å². The molecule has 108 valence electrons. The quantitative estimate of drug-likeness (QED) is 0.909. The minimum absolute atomic E-state index is 0.262. The fourth-order valence-electron chi connectivity index (χ4n) is 2.61. The van der Waals surface area contributed by atoms with Crippen LogP contribution >= 0.6 is 0 Å². The van der Waals surface area contributed by atoms with Gasteiger partial charge in [0.25, 0.3) is 0 Å². The number of benzene rings is 2. The third-order valence-corrected chi connectivity index (χ3v) is 3.65. The molecule has 0 saturated heterocycles. The van der Waals surface area contributed by atoms with E-state index >= 15 is 0 Å². The van der Waals surface area contributed by atoms with E-state index in [4.69, 9.17) is 10.5 Å². The van der Waals surface area contributed by atoms with Crippen molar-refractivity contribution in [2.75, 3.05) is 0 Å². The number of nitrogens with one attached hydrogen (secondary N) is 1. The highest BCUT2D eigenvalue weighted by Gasteiger charge is 2.19. The monoisotopic (exact) mass is 282 g/mol. The lowest BCUT2D eigenvalue weighted by atomic mass is 10.00. The van der Waals surface area contributed by atoms with E-state index in [9.17, 15) is 4.79 Å². The van der Waals surface area contributed by atoms with Crippen LogP contribution in [-0.4, -0.2) is 12.1 Å². The van der Waals surface area contributed by atoms with Crippen LogP contribution in [0, 0.1) is 0 Å². The normalized spacial score (nSPS) is 16.1. The highest BCUT2D eigenvalue weighted by Crippen LogP contribution is 2.32. The molecule has 1 aliphatic rings. The summed E-state index contributed by atoms with van der Waals surface area (Å²) in [5.74, 6) is 0.994. The van der Waals surface area contributed by atoms with E-state index < -0.39 is 6.03 Å². The van der Waals surface area contributed by atoms with Crippen molar-refractivity contribution < 1.29 is 9.53 Å². The zero-order chi connectivity index (χ0) is 14.8. The molecular weight excluding hydrogens is 264 g/mol. The number of nitrogens with two attached hydrogens (primary N) is 1. The van der Waals surface area contributed by atoms with Gasteiger partial charge in [-0.2, -0.15) is 0 Å². The average Bonchev–Trinajstić information content (AvgIpc) is 2.84. The minimum atomic E-state index is -0.508. The van der Waals surface area contributed by atoms with Gasteiger partial charge in [-0.3, -0.25) is 0 Å². The topological polar surface area (TPSA) is 64.3 Å². The van der Waals surface area contributed by atoms with Crippen molar-refractivity contribution in [1.29, 1.82) is 0 Å². The number of carbonyl (C=O) groups is 1. The van der Waals surface area contributed by atoms with Crippen molar-refractivity contribution in [3.8, 4) is 16.9 Å². The van der Waals surface area contributed by atoms with Crippen LogP contribution in [-0.2, 0) is 13.0 Å². The van der Waals surface area contributed by atoms with Crippen molar-refractivity contribution >= 4 is 6.03 Å². The summed E-state index contributed by atoms with van der Waals surface area (Å²) in [6.45, 7) is 2.53. The number of hydrogen-bond acceptors (Lipinski definition) is 2. The molecule has 0 fully saturated rings. The van der Waals surface area contributed by atoms with Gasteiger partial charge in [-0.25, -0.2) is 4.79 Å². The van der Waals surface area contributed by atoms with Gasteiger partial charge < -0.3 is 15.8 Å². The third-order valence-electron chi connectivity index (χ3n) is 3.65. The molecule has 4 nitrogen and oxygen atoms in total. The number of fused-ring (bicyclic) bond motifs is 1. The first-order valence-corrected chi connectivity index (χ1v) is 7.04. The van der Waals surface area contributed by atoms with Gasteiger partial charge in [0.15, 0.2) is 0 Å². The van der Waals surface area contributed by atoms with Gasteiger partial charge in [0, 0.05) is 13.0 Å². The molecule has 0 aliphatic carbocycles. The maximum Gasteiger partial charge on any atom is 0.312 e. The summed E-state index contributed by atoms with van der Waals surface area (Å²) in [7, 11) is 0. The van der Waals surface area contributed by atoms with Crippen LogP contribution in [0.3, 0.4) is 0 Å². The fraction of sp³-hybridized carbons (Fsp3) is 0.235. The number of amides is 2. The van der Waals surface area contributed by atoms with Crippen LogP contribution in [0.15, 0.2) is 42.5 Å². The lowest BCUT2D eigenvalue weighted by Crippen LogP contribution is -2.28. The first-order valence-electron chi connectivity index (χ1n) is 7.04. The molecule has 1 atom stereocenters. The summed E-state index contributed by atoms with van der Waals surface area (Å²) in [6.07, 6.45) is 1.22. The zero-order valence-corrected chi connectivity index (χ0v) is 11.9. The molecule has 0 saturated carbocycles. The third kappa shape index (κ3) is 2.99. The molecule has 1 heterocycles. The highest BCUT2D eigenvalue weighted by atomic mass is 16.5. The maximum atomic E-state index is 10.7. The SMILES string of the molecule is CC1Cc2cc(-c3ccc(CNC(N)=O)cc3)ccc2O1. The van der Waals surface area contributed by atoms with Gasteiger partial charge in [-0.15, -0.1) is 0 Å². The van der Waals surface area contributed by atoms with E-state index in [-0.39, 0.29) is 6.10 Å². The van der Waals surface area contributed by atoms with E-state index in [1.807, 2.05) is 18.2 Å². The second kappa shape index (κ2) is 5.48. The molecule has 2 aromatic carbocycles. The first kappa shape index (κ1) is 13.5. The van der Waals surface area contributed by atoms with Gasteiger partial charge in [-0.1, -0.05) is 30.3 Å². The highest BCUT2D eigenvalue weighted by molar-refractivity contribution is 5.71. The maximum absolute atomic E-state index is 10.7. The summed E-state index contributed by atoms with van der Waals surface area (Å²) in [5, 5.41) is 2.58. The van der Waals surface area contributed by atoms with Gasteiger partial charge in [0.2, 0.25) is 0 Å². The van der Waals surface area contributed by atoms with Crippen LogP contribution in [0.1, 0.15) is 18.1 Å². The molecule has 21 heavy (non-hydrogen) atoms. The lowest BCUT2D eigenvalue weighted by molar-refractivity contribution is 0.248. The molecule has 0 spiro atoms. The lowest BCUT2D eigenvalue weighted by Gasteiger charge is -2.07. The van der Waals surface area contributed by atoms with Gasteiger partial charge in [0.05, 0.1) is 0 Å². The van der Waals surface area contributed by atoms with E-state index in [2.05, 4.69) is 36.5 Å². The summed E-state index contributed by atoms with van der Waals surface area (Å²) in [6, 6.07) is 13.9. The molecular formula is C17H18N2O2. The second-order valence-corrected chi connectivity index (χ2v) is 5.37. The van der Waals surface area contributed by atoms with E-state index in [0.717, 1.165) is 23.3 Å². The van der Waals surface area contributed by atoms with Crippen LogP contribution in [0.25, 0.3) is 11.1 Å². The summed E-state index contributed by atoms with van der Waals surface area (Å²) in [4.78, 5) is 10.7. The fourth-order valence-corrected chi connectivity index (χ4v) is 2.61. The standard InChI is InChI=1S/C17H18N2O2/c1-11-8-15-9-14(6-7-16(15)21-11)13-4-2-12(3-5-13)10-19-17(18)20/h2-7,9,11H,8,10H2,1H3,(H3,18,19,20). The number of carbonyl (C=O) groups excluding carboxylic acids is 1. The zero-order valence-electron chi connectivity index (χ0n) is 11.9. The predicted molar refractivity (Wildman–Crippen MR) is 82.1 cm³/mol. The van der Waals surface area contributed by atoms with E-state index in [0.29, 0.717) is 6.54 Å². The molecule has 0 aromatic heterocycles. The molecule has 1 aliphatic heterocycles. The number of hydrogen-bond donors (Lipinski definition) is 2. The Morgan fingerprint density at radius 1 is 1.24 bits per heavy atom. The minimum Gasteiger partial charge on any atom is -0.490 e. The molecule has 3 N–H and O–H groups in total. The van der Waals surface area contributed by atoms with E-state index in [1.54, 1.807) is 0 Å². The smallest absolute Gasteiger partial charge is 0.312 e. The van der Waals surface area contributed by atoms with Crippen LogP contribution < -0.4 is 15.8 Å². The van der Waals surface area contributed by atoms with Crippen molar-refractivity contribution in [3.05, 3.63) is 53.6 Å². The van der Waals surface area contributed by atoms with Crippen molar-refractivity contribution in [2.45, 2.75) is 26.0 Å². The van der Waals surface area contributed by atoms with Crippen molar-refractivity contribution in [1.82, 2.24) is 5.32 Å². The number of ether oxygens (including phenoxy) is 1. The predicted octanol–water partition coefficient (Wildman–Crippen LogP) is 2.85. The first-order chi connectivity index (χ1) is 10.1. The molecule has 4 heteroatoms. The summed E-state index contributed by atoms with van der Waals surface area (Å²) < 4.78 is 5.72. The Bertz CT molecular complexity index is 665. The largest absolute Gasteiger partial charge is 0.490 e. The Kier molecular flexibility index (Phi) is 3.52. The summed E-state index contributed by atoms with van der Waals surface area (Å²) >= 11 is 0. The number of rotatable bonds is 3. The summed E-state index contributed by atoms with van der Waals surface area (Å²) in [5.41, 5.74) is 9.68. The number of urea groups is 1. The Balaban J connectivity index is 1.78. The average molecular weight is 282 g/mol. The molecule has 0 radical (unpaired) electrons. The van der Waals surface area contributed by atoms with Crippen LogP contribution in [0.5, 0.6) is 5.75 Å². The van der Waals surface area contributed by atoms with Gasteiger partial charge in [-0.05, 0) is 41.3 Å².